The van der Waals surface area contributed by atoms with Crippen molar-refractivity contribution < 1.29 is 9.21 Å². The Labute approximate surface area is 175 Å². The topological polar surface area (TPSA) is 61.2 Å². The number of hydrogen-bond acceptors (Lipinski definition) is 2. The van der Waals surface area contributed by atoms with Crippen LogP contribution in [0.15, 0.2) is 81.9 Å². The summed E-state index contributed by atoms with van der Waals surface area (Å²) in [5.41, 5.74) is 10.2. The summed E-state index contributed by atoms with van der Waals surface area (Å²) in [5.74, 6) is 0.332. The van der Waals surface area contributed by atoms with Crippen molar-refractivity contribution in [3.05, 3.63) is 94.7 Å². The number of nitrogens with zero attached hydrogens (tertiary/aromatic N) is 1. The van der Waals surface area contributed by atoms with E-state index in [0.717, 1.165) is 43.2 Å². The first kappa shape index (κ1) is 17.8. The van der Waals surface area contributed by atoms with Gasteiger partial charge >= 0.3 is 0 Å². The Morgan fingerprint density at radius 2 is 1.93 bits per heavy atom. The van der Waals surface area contributed by atoms with E-state index >= 15 is 0 Å². The van der Waals surface area contributed by atoms with Crippen molar-refractivity contribution in [2.24, 2.45) is 5.73 Å². The van der Waals surface area contributed by atoms with E-state index in [0.29, 0.717) is 12.1 Å². The molecule has 4 nitrogen and oxygen atoms in total. The third-order valence-corrected chi connectivity index (χ3v) is 5.59. The summed E-state index contributed by atoms with van der Waals surface area (Å²) in [5, 5.41) is 1.70. The van der Waals surface area contributed by atoms with Crippen LogP contribution in [0.1, 0.15) is 15.9 Å². The van der Waals surface area contributed by atoms with Gasteiger partial charge in [-0.2, -0.15) is 0 Å². The zero-order valence-electron chi connectivity index (χ0n) is 15.4. The van der Waals surface area contributed by atoms with Crippen LogP contribution in [0.2, 0.25) is 0 Å². The predicted molar refractivity (Wildman–Crippen MR) is 118 cm³/mol. The van der Waals surface area contributed by atoms with Gasteiger partial charge < -0.3 is 14.7 Å². The minimum atomic E-state index is -0.444. The van der Waals surface area contributed by atoms with E-state index in [1.807, 2.05) is 42.5 Å². The van der Waals surface area contributed by atoms with E-state index in [2.05, 4.69) is 44.8 Å². The molecule has 29 heavy (non-hydrogen) atoms. The molecule has 1 radical (unpaired) electrons. The highest BCUT2D eigenvalue weighted by atomic mass is 79.9. The smallest absolute Gasteiger partial charge is 0.249 e. The van der Waals surface area contributed by atoms with Gasteiger partial charge in [0, 0.05) is 32.9 Å². The molecule has 0 unspecified atom stereocenters. The van der Waals surface area contributed by atoms with Gasteiger partial charge in [0.25, 0.3) is 0 Å². The molecule has 2 N–H and O–H groups in total. The third kappa shape index (κ3) is 3.04. The first-order valence-electron chi connectivity index (χ1n) is 9.16. The van der Waals surface area contributed by atoms with E-state index in [1.54, 1.807) is 12.3 Å². The normalized spacial score (nSPS) is 11.3. The minimum absolute atomic E-state index is 0.444. The molecule has 2 heterocycles. The molecule has 0 aliphatic rings. The molecule has 5 rings (SSSR count). The van der Waals surface area contributed by atoms with Gasteiger partial charge in [0.15, 0.2) is 0 Å². The van der Waals surface area contributed by atoms with Crippen LogP contribution in [0, 0.1) is 6.07 Å². The highest BCUT2D eigenvalue weighted by Gasteiger charge is 2.18. The first-order chi connectivity index (χ1) is 14.1. The number of carbonyl (C=O) groups excluding carboxylic acids is 1. The summed E-state index contributed by atoms with van der Waals surface area (Å²) in [6.07, 6.45) is 1.65. The van der Waals surface area contributed by atoms with Crippen molar-refractivity contribution in [2.75, 3.05) is 0 Å². The van der Waals surface area contributed by atoms with E-state index < -0.39 is 5.91 Å². The quantitative estimate of drug-likeness (QED) is 0.383. The number of furan rings is 1. The number of fused-ring (bicyclic) bond motifs is 3. The second kappa shape index (κ2) is 6.94. The molecule has 0 spiro atoms. The van der Waals surface area contributed by atoms with Crippen molar-refractivity contribution in [2.45, 2.75) is 6.54 Å². The van der Waals surface area contributed by atoms with E-state index in [1.165, 1.54) is 0 Å². The Morgan fingerprint density at radius 3 is 2.69 bits per heavy atom. The van der Waals surface area contributed by atoms with Gasteiger partial charge in [0.2, 0.25) is 5.91 Å². The van der Waals surface area contributed by atoms with Crippen molar-refractivity contribution in [3.63, 3.8) is 0 Å². The third-order valence-electron chi connectivity index (χ3n) is 5.10. The highest BCUT2D eigenvalue weighted by molar-refractivity contribution is 9.10. The second-order valence-corrected chi connectivity index (χ2v) is 7.82. The Kier molecular flexibility index (Phi) is 4.25. The zero-order chi connectivity index (χ0) is 20.0. The van der Waals surface area contributed by atoms with Crippen LogP contribution >= 0.6 is 15.9 Å². The fraction of sp³-hybridized carbons (Fsp3) is 0.0417. The summed E-state index contributed by atoms with van der Waals surface area (Å²) in [7, 11) is 0. The number of aromatic nitrogens is 1. The molecule has 2 aromatic heterocycles. The Bertz CT molecular complexity index is 1370. The molecule has 5 aromatic rings. The first-order valence-corrected chi connectivity index (χ1v) is 9.96. The van der Waals surface area contributed by atoms with Gasteiger partial charge in [-0.25, -0.2) is 0 Å². The van der Waals surface area contributed by atoms with E-state index in [-0.39, 0.29) is 0 Å². The number of primary amides is 1. The number of carbonyl (C=O) groups is 1. The number of amides is 1. The lowest BCUT2D eigenvalue weighted by Crippen LogP contribution is -2.11. The summed E-state index contributed by atoms with van der Waals surface area (Å²) < 4.78 is 8.79. The standard InChI is InChI=1S/C24H16BrN2O2/c25-17-5-1-4-15(12-17)14-27-20-7-2-6-19(24(26)28)23(20)18-10-9-16(13-21(18)27)22-8-3-11-29-22/h1-9,11-13H,14H2,(H2,26,28). The SMILES string of the molecule is NC(=O)c1cccc2c1c1[c]cc(-c3ccco3)cc1n2Cc1cccc(Br)c1. The van der Waals surface area contributed by atoms with Crippen molar-refractivity contribution in [3.8, 4) is 11.3 Å². The second-order valence-electron chi connectivity index (χ2n) is 6.91. The number of hydrogen-bond donors (Lipinski definition) is 1. The van der Waals surface area contributed by atoms with Gasteiger partial charge in [0.1, 0.15) is 5.76 Å². The summed E-state index contributed by atoms with van der Waals surface area (Å²) >= 11 is 3.55. The average molecular weight is 444 g/mol. The largest absolute Gasteiger partial charge is 0.464 e. The maximum Gasteiger partial charge on any atom is 0.249 e. The van der Waals surface area contributed by atoms with Gasteiger partial charge in [-0.3, -0.25) is 4.79 Å². The van der Waals surface area contributed by atoms with Crippen molar-refractivity contribution in [1.82, 2.24) is 4.57 Å². The lowest BCUT2D eigenvalue weighted by atomic mass is 10.0. The number of benzene rings is 3. The molecule has 0 saturated carbocycles. The fourth-order valence-corrected chi connectivity index (χ4v) is 4.28. The number of nitrogens with two attached hydrogens (primary N) is 1. The summed E-state index contributed by atoms with van der Waals surface area (Å²) in [6.45, 7) is 0.650. The van der Waals surface area contributed by atoms with Crippen molar-refractivity contribution in [1.29, 1.82) is 0 Å². The maximum atomic E-state index is 12.1. The Hall–Kier alpha value is -3.31. The molecule has 0 fully saturated rings. The summed E-state index contributed by atoms with van der Waals surface area (Å²) in [6, 6.07) is 25.0. The van der Waals surface area contributed by atoms with Gasteiger partial charge in [-0.05, 0) is 60.2 Å². The van der Waals surface area contributed by atoms with Crippen LogP contribution in [0.5, 0.6) is 0 Å². The molecular formula is C24H16BrN2O2. The molecule has 0 atom stereocenters. The molecule has 5 heteroatoms. The molecule has 141 valence electrons. The number of halogens is 1. The zero-order valence-corrected chi connectivity index (χ0v) is 16.9. The molecule has 3 aromatic carbocycles. The van der Waals surface area contributed by atoms with Crippen molar-refractivity contribution >= 4 is 43.6 Å². The molecule has 0 aliphatic carbocycles. The van der Waals surface area contributed by atoms with Crippen LogP contribution in [-0.4, -0.2) is 10.5 Å². The van der Waals surface area contributed by atoms with Crippen LogP contribution in [0.25, 0.3) is 33.1 Å². The Balaban J connectivity index is 1.82. The molecular weight excluding hydrogens is 428 g/mol. The highest BCUT2D eigenvalue weighted by Crippen LogP contribution is 2.35. The predicted octanol–water partition coefficient (Wildman–Crippen LogP) is 5.76. The average Bonchev–Trinajstić information content (AvgIpc) is 3.35. The Morgan fingerprint density at radius 1 is 1.07 bits per heavy atom. The fourth-order valence-electron chi connectivity index (χ4n) is 3.83. The van der Waals surface area contributed by atoms with Crippen LogP contribution < -0.4 is 5.73 Å². The molecule has 0 saturated heterocycles. The minimum Gasteiger partial charge on any atom is -0.464 e. The number of rotatable bonds is 4. The van der Waals surface area contributed by atoms with Crippen LogP contribution in [0.4, 0.5) is 0 Å². The monoisotopic (exact) mass is 443 g/mol. The molecule has 0 bridgehead atoms. The summed E-state index contributed by atoms with van der Waals surface area (Å²) in [4.78, 5) is 12.1. The van der Waals surface area contributed by atoms with Crippen LogP contribution in [0.3, 0.4) is 0 Å². The molecule has 0 aliphatic heterocycles. The lowest BCUT2D eigenvalue weighted by molar-refractivity contribution is 0.100. The van der Waals surface area contributed by atoms with Crippen LogP contribution in [-0.2, 0) is 6.54 Å². The van der Waals surface area contributed by atoms with Gasteiger partial charge in [-0.1, -0.05) is 34.1 Å². The maximum absolute atomic E-state index is 12.1. The van der Waals surface area contributed by atoms with E-state index in [9.17, 15) is 4.79 Å². The van der Waals surface area contributed by atoms with Gasteiger partial charge in [-0.15, -0.1) is 0 Å². The lowest BCUT2D eigenvalue weighted by Gasteiger charge is -2.09. The van der Waals surface area contributed by atoms with Gasteiger partial charge in [0.05, 0.1) is 17.3 Å². The molecule has 1 amide bonds. The van der Waals surface area contributed by atoms with E-state index in [4.69, 9.17) is 10.2 Å².